The zero-order chi connectivity index (χ0) is 28.8. The standard InChI is InChI=1S/C31H69NO3Si2/c1-29(2,3)36(9,10)34-27-21-15-13-17-23-31(33,25-19-20-26-32(7)8)24-18-14-16-22-28-35-37(11,12)30(4,5)6/h33H,13-28H2,1-12H3. The van der Waals surface area contributed by atoms with E-state index in [-0.39, 0.29) is 10.1 Å². The van der Waals surface area contributed by atoms with Crippen LogP contribution in [-0.2, 0) is 8.85 Å². The van der Waals surface area contributed by atoms with Gasteiger partial charge < -0.3 is 18.9 Å². The van der Waals surface area contributed by atoms with Crippen LogP contribution in [-0.4, -0.2) is 66.1 Å². The summed E-state index contributed by atoms with van der Waals surface area (Å²) in [7, 11) is 1.02. The van der Waals surface area contributed by atoms with Crippen molar-refractivity contribution in [2.75, 3.05) is 33.9 Å². The fourth-order valence-electron chi connectivity index (χ4n) is 4.16. The van der Waals surface area contributed by atoms with Crippen molar-refractivity contribution >= 4 is 16.6 Å². The predicted octanol–water partition coefficient (Wildman–Crippen LogP) is 9.39. The highest BCUT2D eigenvalue weighted by Gasteiger charge is 2.37. The lowest BCUT2D eigenvalue weighted by Gasteiger charge is -2.36. The van der Waals surface area contributed by atoms with Crippen LogP contribution in [0.25, 0.3) is 0 Å². The van der Waals surface area contributed by atoms with Crippen LogP contribution in [0.4, 0.5) is 0 Å². The van der Waals surface area contributed by atoms with E-state index >= 15 is 0 Å². The molecule has 0 radical (unpaired) electrons. The van der Waals surface area contributed by atoms with Crippen LogP contribution in [0.15, 0.2) is 0 Å². The van der Waals surface area contributed by atoms with Gasteiger partial charge in [-0.3, -0.25) is 0 Å². The molecular formula is C31H69NO3Si2. The van der Waals surface area contributed by atoms with Crippen molar-refractivity contribution in [2.45, 2.75) is 167 Å². The molecule has 0 amide bonds. The molecule has 6 heteroatoms. The van der Waals surface area contributed by atoms with Gasteiger partial charge in [0.2, 0.25) is 0 Å². The molecule has 0 saturated heterocycles. The number of unbranched alkanes of at least 4 members (excludes halogenated alkanes) is 7. The quantitative estimate of drug-likeness (QED) is 0.112. The summed E-state index contributed by atoms with van der Waals surface area (Å²) >= 11 is 0. The molecule has 0 rings (SSSR count). The zero-order valence-electron chi connectivity index (χ0n) is 27.5. The Balaban J connectivity index is 4.37. The van der Waals surface area contributed by atoms with E-state index in [2.05, 4.69) is 86.7 Å². The maximum atomic E-state index is 11.5. The van der Waals surface area contributed by atoms with Gasteiger partial charge in [0.1, 0.15) is 0 Å². The van der Waals surface area contributed by atoms with Crippen LogP contribution >= 0.6 is 0 Å². The summed E-state index contributed by atoms with van der Waals surface area (Å²) in [5, 5.41) is 12.1. The van der Waals surface area contributed by atoms with Crippen molar-refractivity contribution in [3.63, 3.8) is 0 Å². The molecule has 0 aromatic carbocycles. The van der Waals surface area contributed by atoms with Crippen LogP contribution < -0.4 is 0 Å². The molecule has 0 aliphatic carbocycles. The summed E-state index contributed by atoms with van der Waals surface area (Å²) < 4.78 is 12.7. The van der Waals surface area contributed by atoms with Crippen LogP contribution in [0.5, 0.6) is 0 Å². The number of aliphatic hydroxyl groups is 1. The maximum absolute atomic E-state index is 11.5. The van der Waals surface area contributed by atoms with Crippen molar-refractivity contribution in [1.29, 1.82) is 0 Å². The Kier molecular flexibility index (Phi) is 17.3. The normalized spacial score (nSPS) is 14.1. The molecular weight excluding hydrogens is 491 g/mol. The summed E-state index contributed by atoms with van der Waals surface area (Å²) in [5.74, 6) is 0. The van der Waals surface area contributed by atoms with Gasteiger partial charge in [0.15, 0.2) is 16.6 Å². The Bertz CT molecular complexity index is 540. The highest BCUT2D eigenvalue weighted by Crippen LogP contribution is 2.37. The maximum Gasteiger partial charge on any atom is 0.191 e. The average molecular weight is 560 g/mol. The Hall–Kier alpha value is 0.274. The van der Waals surface area contributed by atoms with Crippen LogP contribution in [0, 0.1) is 0 Å². The topological polar surface area (TPSA) is 41.9 Å². The van der Waals surface area contributed by atoms with Crippen molar-refractivity contribution in [3.05, 3.63) is 0 Å². The van der Waals surface area contributed by atoms with Gasteiger partial charge in [-0.2, -0.15) is 0 Å². The molecule has 0 aliphatic heterocycles. The highest BCUT2D eigenvalue weighted by molar-refractivity contribution is 6.74. The highest BCUT2D eigenvalue weighted by atomic mass is 28.4. The number of hydrogen-bond donors (Lipinski definition) is 1. The Morgan fingerprint density at radius 2 is 0.865 bits per heavy atom. The van der Waals surface area contributed by atoms with Gasteiger partial charge >= 0.3 is 0 Å². The second kappa shape index (κ2) is 17.2. The molecule has 0 spiro atoms. The van der Waals surface area contributed by atoms with Crippen molar-refractivity contribution < 1.29 is 14.0 Å². The fourth-order valence-corrected chi connectivity index (χ4v) is 6.34. The Morgan fingerprint density at radius 3 is 1.19 bits per heavy atom. The molecule has 37 heavy (non-hydrogen) atoms. The third-order valence-electron chi connectivity index (χ3n) is 9.11. The molecule has 0 atom stereocenters. The third kappa shape index (κ3) is 16.9. The molecule has 0 aliphatic rings. The Morgan fingerprint density at radius 1 is 0.541 bits per heavy atom. The second-order valence-electron chi connectivity index (χ2n) is 15.0. The molecule has 0 unspecified atom stereocenters. The largest absolute Gasteiger partial charge is 0.417 e. The van der Waals surface area contributed by atoms with E-state index in [0.29, 0.717) is 0 Å². The van der Waals surface area contributed by atoms with E-state index in [4.69, 9.17) is 8.85 Å². The SMILES string of the molecule is CN(C)CCCCC(O)(CCCCCCO[Si](C)(C)C(C)(C)C)CCCCCCO[Si](C)(C)C(C)(C)C. The van der Waals surface area contributed by atoms with E-state index in [9.17, 15) is 5.11 Å². The van der Waals surface area contributed by atoms with E-state index in [1.54, 1.807) is 0 Å². The van der Waals surface area contributed by atoms with Crippen molar-refractivity contribution in [1.82, 2.24) is 4.90 Å². The van der Waals surface area contributed by atoms with E-state index in [1.165, 1.54) is 32.1 Å². The Labute approximate surface area is 235 Å². The van der Waals surface area contributed by atoms with Gasteiger partial charge in [-0.1, -0.05) is 80.1 Å². The van der Waals surface area contributed by atoms with Gasteiger partial charge in [0.25, 0.3) is 0 Å². The molecule has 0 fully saturated rings. The molecule has 0 aromatic heterocycles. The summed E-state index contributed by atoms with van der Waals surface area (Å²) in [6.07, 6.45) is 14.5. The first-order valence-corrected chi connectivity index (χ1v) is 21.3. The van der Waals surface area contributed by atoms with E-state index < -0.39 is 22.2 Å². The van der Waals surface area contributed by atoms with Crippen molar-refractivity contribution in [2.24, 2.45) is 0 Å². The minimum Gasteiger partial charge on any atom is -0.417 e. The van der Waals surface area contributed by atoms with Crippen LogP contribution in [0.1, 0.15) is 125 Å². The van der Waals surface area contributed by atoms with Crippen LogP contribution in [0.3, 0.4) is 0 Å². The van der Waals surface area contributed by atoms with Gasteiger partial charge in [0, 0.05) is 13.2 Å². The van der Waals surface area contributed by atoms with Gasteiger partial charge in [-0.05, 0) is 102 Å². The number of hydrogen-bond acceptors (Lipinski definition) is 4. The lowest BCUT2D eigenvalue weighted by molar-refractivity contribution is 0.00678. The summed E-state index contributed by atoms with van der Waals surface area (Å²) in [6.45, 7) is 26.1. The summed E-state index contributed by atoms with van der Waals surface area (Å²) in [4.78, 5) is 2.25. The molecule has 224 valence electrons. The van der Waals surface area contributed by atoms with Gasteiger partial charge in [-0.15, -0.1) is 0 Å². The molecule has 1 N–H and O–H groups in total. The monoisotopic (exact) mass is 559 g/mol. The lowest BCUT2D eigenvalue weighted by Crippen LogP contribution is -2.40. The minimum atomic E-state index is -1.62. The summed E-state index contributed by atoms with van der Waals surface area (Å²) in [5.41, 5.74) is -0.485. The molecule has 4 nitrogen and oxygen atoms in total. The molecule has 0 bridgehead atoms. The second-order valence-corrected chi connectivity index (χ2v) is 24.6. The van der Waals surface area contributed by atoms with Gasteiger partial charge in [-0.25, -0.2) is 0 Å². The minimum absolute atomic E-state index is 0.286. The molecule has 0 heterocycles. The molecule has 0 aromatic rings. The lowest BCUT2D eigenvalue weighted by atomic mass is 9.85. The number of nitrogens with zero attached hydrogens (tertiary/aromatic N) is 1. The fraction of sp³-hybridized carbons (Fsp3) is 1.00. The zero-order valence-corrected chi connectivity index (χ0v) is 29.5. The summed E-state index contributed by atoms with van der Waals surface area (Å²) in [6, 6.07) is 0. The average Bonchev–Trinajstić information content (AvgIpc) is 2.73. The first-order chi connectivity index (χ1) is 16.8. The van der Waals surface area contributed by atoms with E-state index in [0.717, 1.165) is 71.1 Å². The van der Waals surface area contributed by atoms with Gasteiger partial charge in [0.05, 0.1) is 5.60 Å². The molecule has 0 saturated carbocycles. The first-order valence-electron chi connectivity index (χ1n) is 15.5. The van der Waals surface area contributed by atoms with Crippen molar-refractivity contribution in [3.8, 4) is 0 Å². The van der Waals surface area contributed by atoms with E-state index in [1.807, 2.05) is 0 Å². The third-order valence-corrected chi connectivity index (χ3v) is 18.2. The first kappa shape index (κ1) is 37.3. The van der Waals surface area contributed by atoms with Crippen LogP contribution in [0.2, 0.25) is 36.3 Å². The number of rotatable bonds is 21. The predicted molar refractivity (Wildman–Crippen MR) is 170 cm³/mol. The smallest absolute Gasteiger partial charge is 0.191 e.